The molecule has 2 aromatic rings. The number of carbonyl (C=O) groups excluding carboxylic acids is 1. The van der Waals surface area contributed by atoms with Crippen LogP contribution in [0.5, 0.6) is 0 Å². The Morgan fingerprint density at radius 2 is 1.95 bits per heavy atom. The maximum Gasteiger partial charge on any atom is 0.325 e. The molecule has 1 heterocycles. The summed E-state index contributed by atoms with van der Waals surface area (Å²) in [5.74, 6) is -1.51. The molecule has 0 spiro atoms. The maximum atomic E-state index is 12.1. The van der Waals surface area contributed by atoms with Gasteiger partial charge in [0.2, 0.25) is 0 Å². The molecule has 2 N–H and O–H groups in total. The van der Waals surface area contributed by atoms with E-state index in [9.17, 15) is 9.59 Å². The van der Waals surface area contributed by atoms with Crippen molar-refractivity contribution in [2.75, 3.05) is 0 Å². The van der Waals surface area contributed by atoms with Gasteiger partial charge in [0, 0.05) is 10.6 Å². The maximum absolute atomic E-state index is 12.1. The molecule has 1 atom stereocenters. The minimum atomic E-state index is -1.08. The molecule has 1 aromatic carbocycles. The smallest absolute Gasteiger partial charge is 0.325 e. The van der Waals surface area contributed by atoms with Crippen molar-refractivity contribution in [2.45, 2.75) is 19.9 Å². The SMILES string of the molecule is Cc1nc(-c2ccc(Cl)cc2)sc1C(=O)NC(C)C(=O)O. The first-order valence-corrected chi connectivity index (χ1v) is 7.35. The number of aromatic nitrogens is 1. The Kier molecular flexibility index (Phi) is 4.59. The van der Waals surface area contributed by atoms with Gasteiger partial charge in [-0.1, -0.05) is 23.7 Å². The van der Waals surface area contributed by atoms with Crippen LogP contribution in [0.15, 0.2) is 24.3 Å². The first-order chi connectivity index (χ1) is 9.88. The number of hydrogen-bond donors (Lipinski definition) is 2. The number of thiazole rings is 1. The quantitative estimate of drug-likeness (QED) is 0.906. The van der Waals surface area contributed by atoms with Gasteiger partial charge in [0.05, 0.1) is 5.69 Å². The van der Waals surface area contributed by atoms with E-state index in [0.29, 0.717) is 20.6 Å². The summed E-state index contributed by atoms with van der Waals surface area (Å²) in [5, 5.41) is 12.6. The summed E-state index contributed by atoms with van der Waals surface area (Å²) in [6, 6.07) is 6.20. The van der Waals surface area contributed by atoms with E-state index < -0.39 is 17.9 Å². The van der Waals surface area contributed by atoms with E-state index in [1.165, 1.54) is 18.3 Å². The Labute approximate surface area is 130 Å². The molecule has 2 rings (SSSR count). The van der Waals surface area contributed by atoms with Crippen LogP contribution in [0.4, 0.5) is 0 Å². The second kappa shape index (κ2) is 6.24. The zero-order valence-electron chi connectivity index (χ0n) is 11.4. The Morgan fingerprint density at radius 3 is 2.52 bits per heavy atom. The van der Waals surface area contributed by atoms with Gasteiger partial charge in [0.15, 0.2) is 0 Å². The highest BCUT2D eigenvalue weighted by molar-refractivity contribution is 7.17. The molecule has 0 fully saturated rings. The largest absolute Gasteiger partial charge is 0.480 e. The van der Waals surface area contributed by atoms with Gasteiger partial charge in [-0.15, -0.1) is 11.3 Å². The molecule has 0 aliphatic heterocycles. The van der Waals surface area contributed by atoms with Crippen molar-refractivity contribution >= 4 is 34.8 Å². The van der Waals surface area contributed by atoms with E-state index in [-0.39, 0.29) is 0 Å². The van der Waals surface area contributed by atoms with E-state index in [2.05, 4.69) is 10.3 Å². The topological polar surface area (TPSA) is 79.3 Å². The molecule has 0 bridgehead atoms. The fraction of sp³-hybridized carbons (Fsp3) is 0.214. The minimum Gasteiger partial charge on any atom is -0.480 e. The zero-order valence-corrected chi connectivity index (χ0v) is 13.0. The highest BCUT2D eigenvalue weighted by Gasteiger charge is 2.20. The zero-order chi connectivity index (χ0) is 15.6. The third-order valence-electron chi connectivity index (χ3n) is 2.81. The predicted octanol–water partition coefficient (Wildman–Crippen LogP) is 2.97. The first kappa shape index (κ1) is 15.5. The van der Waals surface area contributed by atoms with Gasteiger partial charge in [-0.2, -0.15) is 0 Å². The van der Waals surface area contributed by atoms with Crippen LogP contribution in [0.2, 0.25) is 5.02 Å². The lowest BCUT2D eigenvalue weighted by atomic mass is 10.2. The van der Waals surface area contributed by atoms with Gasteiger partial charge in [-0.05, 0) is 26.0 Å². The summed E-state index contributed by atoms with van der Waals surface area (Å²) >= 11 is 7.06. The summed E-state index contributed by atoms with van der Waals surface area (Å²) in [5.41, 5.74) is 1.43. The van der Waals surface area contributed by atoms with Crippen molar-refractivity contribution in [3.05, 3.63) is 39.9 Å². The summed E-state index contributed by atoms with van der Waals surface area (Å²) in [6.45, 7) is 3.13. The van der Waals surface area contributed by atoms with Crippen molar-refractivity contribution in [3.8, 4) is 10.6 Å². The standard InChI is InChI=1S/C14H13ClN2O3S/c1-7-11(12(18)16-8(2)14(19)20)21-13(17-7)9-3-5-10(15)6-4-9/h3-6,8H,1-2H3,(H,16,18)(H,19,20). The van der Waals surface area contributed by atoms with Gasteiger partial charge in [-0.3, -0.25) is 9.59 Å². The Bertz CT molecular complexity index is 682. The molecule has 0 saturated carbocycles. The number of rotatable bonds is 4. The fourth-order valence-electron chi connectivity index (χ4n) is 1.65. The van der Waals surface area contributed by atoms with E-state index in [4.69, 9.17) is 16.7 Å². The Balaban J connectivity index is 2.25. The molecule has 0 saturated heterocycles. The van der Waals surface area contributed by atoms with Crippen LogP contribution < -0.4 is 5.32 Å². The Hall–Kier alpha value is -1.92. The molecule has 7 heteroatoms. The first-order valence-electron chi connectivity index (χ1n) is 6.15. The van der Waals surface area contributed by atoms with Crippen LogP contribution in [0, 0.1) is 6.92 Å². The number of carbonyl (C=O) groups is 2. The highest BCUT2D eigenvalue weighted by Crippen LogP contribution is 2.28. The minimum absolute atomic E-state index is 0.410. The highest BCUT2D eigenvalue weighted by atomic mass is 35.5. The van der Waals surface area contributed by atoms with Gasteiger partial charge < -0.3 is 10.4 Å². The lowest BCUT2D eigenvalue weighted by Crippen LogP contribution is -2.38. The summed E-state index contributed by atoms with van der Waals surface area (Å²) in [4.78, 5) is 27.6. The van der Waals surface area contributed by atoms with E-state index in [1.807, 2.05) is 12.1 Å². The molecule has 5 nitrogen and oxygen atoms in total. The summed E-state index contributed by atoms with van der Waals surface area (Å²) in [6.07, 6.45) is 0. The average Bonchev–Trinajstić information content (AvgIpc) is 2.81. The van der Waals surface area contributed by atoms with Crippen LogP contribution in [0.25, 0.3) is 10.6 Å². The molecule has 1 amide bonds. The normalized spacial score (nSPS) is 12.0. The van der Waals surface area contributed by atoms with Crippen molar-refractivity contribution < 1.29 is 14.7 Å². The van der Waals surface area contributed by atoms with Crippen LogP contribution in [0.1, 0.15) is 22.3 Å². The number of nitrogens with zero attached hydrogens (tertiary/aromatic N) is 1. The predicted molar refractivity (Wildman–Crippen MR) is 81.9 cm³/mol. The second-order valence-corrected chi connectivity index (χ2v) is 5.91. The number of aliphatic carboxylic acids is 1. The van der Waals surface area contributed by atoms with Crippen molar-refractivity contribution in [1.82, 2.24) is 10.3 Å². The molecule has 1 aromatic heterocycles. The van der Waals surface area contributed by atoms with Gasteiger partial charge in [-0.25, -0.2) is 4.98 Å². The lowest BCUT2D eigenvalue weighted by Gasteiger charge is -2.07. The fourth-order valence-corrected chi connectivity index (χ4v) is 2.75. The summed E-state index contributed by atoms with van der Waals surface area (Å²) < 4.78 is 0. The molecule has 0 aliphatic carbocycles. The molecular weight excluding hydrogens is 312 g/mol. The number of hydrogen-bond acceptors (Lipinski definition) is 4. The number of halogens is 1. The van der Waals surface area contributed by atoms with E-state index in [0.717, 1.165) is 5.56 Å². The monoisotopic (exact) mass is 324 g/mol. The van der Waals surface area contributed by atoms with Crippen LogP contribution in [0.3, 0.4) is 0 Å². The van der Waals surface area contributed by atoms with Gasteiger partial charge >= 0.3 is 5.97 Å². The Morgan fingerprint density at radius 1 is 1.33 bits per heavy atom. The van der Waals surface area contributed by atoms with Crippen molar-refractivity contribution in [2.24, 2.45) is 0 Å². The number of carboxylic acid groups (broad SMARTS) is 1. The molecular formula is C14H13ClN2O3S. The molecule has 0 aliphatic rings. The molecule has 21 heavy (non-hydrogen) atoms. The molecule has 0 radical (unpaired) electrons. The third kappa shape index (κ3) is 3.59. The summed E-state index contributed by atoms with van der Waals surface area (Å²) in [7, 11) is 0. The van der Waals surface area contributed by atoms with Crippen LogP contribution in [-0.2, 0) is 4.79 Å². The number of nitrogens with one attached hydrogen (secondary N) is 1. The number of amides is 1. The molecule has 110 valence electrons. The van der Waals surface area contributed by atoms with Crippen molar-refractivity contribution in [1.29, 1.82) is 0 Å². The van der Waals surface area contributed by atoms with E-state index >= 15 is 0 Å². The average molecular weight is 325 g/mol. The third-order valence-corrected chi connectivity index (χ3v) is 4.27. The van der Waals surface area contributed by atoms with Crippen molar-refractivity contribution in [3.63, 3.8) is 0 Å². The van der Waals surface area contributed by atoms with E-state index in [1.54, 1.807) is 19.1 Å². The molecule has 1 unspecified atom stereocenters. The van der Waals surface area contributed by atoms with Crippen LogP contribution >= 0.6 is 22.9 Å². The van der Waals surface area contributed by atoms with Gasteiger partial charge in [0.1, 0.15) is 15.9 Å². The second-order valence-electron chi connectivity index (χ2n) is 4.47. The van der Waals surface area contributed by atoms with Crippen LogP contribution in [-0.4, -0.2) is 28.0 Å². The number of carboxylic acids is 1. The number of aryl methyl sites for hydroxylation is 1. The van der Waals surface area contributed by atoms with Gasteiger partial charge in [0.25, 0.3) is 5.91 Å². The number of benzene rings is 1. The lowest BCUT2D eigenvalue weighted by molar-refractivity contribution is -0.138.